The summed E-state index contributed by atoms with van der Waals surface area (Å²) in [5, 5.41) is 3.07. The molecule has 0 radical (unpaired) electrons. The van der Waals surface area contributed by atoms with E-state index in [1.165, 1.54) is 17.8 Å². The first-order valence-corrected chi connectivity index (χ1v) is 12.9. The summed E-state index contributed by atoms with van der Waals surface area (Å²) in [6.07, 6.45) is 5.55. The second-order valence-electron chi connectivity index (χ2n) is 7.97. The third-order valence-corrected chi connectivity index (χ3v) is 8.19. The van der Waals surface area contributed by atoms with Gasteiger partial charge < -0.3 is 8.98 Å². The number of aromatic nitrogens is 1. The van der Waals surface area contributed by atoms with E-state index < -0.39 is 10.0 Å². The van der Waals surface area contributed by atoms with Crippen molar-refractivity contribution in [2.45, 2.75) is 50.0 Å². The van der Waals surface area contributed by atoms with Gasteiger partial charge in [-0.2, -0.15) is 8.42 Å². The summed E-state index contributed by atoms with van der Waals surface area (Å²) < 4.78 is 38.5. The molecule has 0 amide bonds. The van der Waals surface area contributed by atoms with Crippen molar-refractivity contribution in [2.24, 2.45) is 4.40 Å². The van der Waals surface area contributed by atoms with Gasteiger partial charge >= 0.3 is 0 Å². The molecule has 2 aromatic heterocycles. The fourth-order valence-corrected chi connectivity index (χ4v) is 6.67. The van der Waals surface area contributed by atoms with Crippen molar-refractivity contribution < 1.29 is 12.8 Å². The van der Waals surface area contributed by atoms with E-state index in [4.69, 9.17) is 4.42 Å². The number of hydrogen-bond donors (Lipinski definition) is 0. The van der Waals surface area contributed by atoms with E-state index in [1.807, 2.05) is 30.5 Å². The van der Waals surface area contributed by atoms with Gasteiger partial charge in [0.2, 0.25) is 4.80 Å². The summed E-state index contributed by atoms with van der Waals surface area (Å²) in [6.45, 7) is 1.97. The van der Waals surface area contributed by atoms with Crippen LogP contribution in [0.1, 0.15) is 43.9 Å². The number of rotatable bonds is 4. The van der Waals surface area contributed by atoms with Crippen LogP contribution in [0.3, 0.4) is 0 Å². The van der Waals surface area contributed by atoms with Crippen molar-refractivity contribution in [1.82, 2.24) is 4.57 Å². The van der Waals surface area contributed by atoms with Crippen LogP contribution in [-0.4, -0.2) is 13.0 Å². The lowest BCUT2D eigenvalue weighted by Crippen LogP contribution is -2.25. The van der Waals surface area contributed by atoms with Crippen LogP contribution >= 0.6 is 11.3 Å². The maximum atomic E-state index is 13.0. The van der Waals surface area contributed by atoms with E-state index in [9.17, 15) is 8.42 Å². The van der Waals surface area contributed by atoms with Gasteiger partial charge in [0, 0.05) is 22.4 Å². The molecule has 0 N–H and O–H groups in total. The Labute approximate surface area is 185 Å². The van der Waals surface area contributed by atoms with Gasteiger partial charge in [0.15, 0.2) is 0 Å². The number of thiazole rings is 1. The number of sulfonamides is 1. The molecule has 5 rings (SSSR count). The maximum Gasteiger partial charge on any atom is 0.285 e. The van der Waals surface area contributed by atoms with Crippen molar-refractivity contribution in [2.75, 3.05) is 0 Å². The van der Waals surface area contributed by atoms with Crippen LogP contribution in [0.2, 0.25) is 0 Å². The molecule has 2 aromatic carbocycles. The highest BCUT2D eigenvalue weighted by atomic mass is 32.2. The molecule has 2 heterocycles. The van der Waals surface area contributed by atoms with Crippen LogP contribution in [-0.2, 0) is 10.0 Å². The Morgan fingerprint density at radius 1 is 1.00 bits per heavy atom. The van der Waals surface area contributed by atoms with E-state index in [1.54, 1.807) is 30.3 Å². The molecule has 7 heteroatoms. The van der Waals surface area contributed by atoms with Gasteiger partial charge in [-0.05, 0) is 38.0 Å². The van der Waals surface area contributed by atoms with Crippen LogP contribution < -0.4 is 4.80 Å². The van der Waals surface area contributed by atoms with Crippen LogP contribution in [0.15, 0.2) is 73.7 Å². The summed E-state index contributed by atoms with van der Waals surface area (Å²) in [6, 6.07) is 16.6. The monoisotopic (exact) mass is 452 g/mol. The minimum Gasteiger partial charge on any atom is -0.461 e. The number of hydrogen-bond acceptors (Lipinski definition) is 4. The molecular formula is C24H24N2O3S2. The molecule has 1 aliphatic carbocycles. The lowest BCUT2D eigenvalue weighted by Gasteiger charge is -2.25. The predicted molar refractivity (Wildman–Crippen MR) is 124 cm³/mol. The number of furan rings is 1. The standard InChI is InChI=1S/C24H24N2O3S2/c1-17-23(20-14-8-9-15-22(20)29-17)21-16-30-24(26(21)18-10-4-2-5-11-18)25-31(27,28)19-12-6-3-7-13-19/h3,6-9,12-16,18H,2,4-5,10-11H2,1H3. The Kier molecular flexibility index (Phi) is 5.32. The minimum absolute atomic E-state index is 0.213. The molecule has 160 valence electrons. The van der Waals surface area contributed by atoms with Crippen molar-refractivity contribution in [3.63, 3.8) is 0 Å². The molecule has 0 aliphatic heterocycles. The molecule has 31 heavy (non-hydrogen) atoms. The molecule has 1 fully saturated rings. The zero-order valence-corrected chi connectivity index (χ0v) is 19.0. The Balaban J connectivity index is 1.74. The van der Waals surface area contributed by atoms with Gasteiger partial charge in [-0.15, -0.1) is 15.7 Å². The average molecular weight is 453 g/mol. The first-order valence-electron chi connectivity index (χ1n) is 10.6. The quantitative estimate of drug-likeness (QED) is 0.378. The molecule has 4 aromatic rings. The molecule has 0 bridgehead atoms. The molecule has 5 nitrogen and oxygen atoms in total. The molecule has 0 spiro atoms. The van der Waals surface area contributed by atoms with Crippen molar-refractivity contribution >= 4 is 32.3 Å². The van der Waals surface area contributed by atoms with E-state index in [0.717, 1.165) is 53.7 Å². The minimum atomic E-state index is -3.79. The Morgan fingerprint density at radius 2 is 1.71 bits per heavy atom. The highest BCUT2D eigenvalue weighted by molar-refractivity contribution is 7.90. The fourth-order valence-electron chi connectivity index (χ4n) is 4.50. The number of para-hydroxylation sites is 1. The molecule has 0 unspecified atom stereocenters. The zero-order chi connectivity index (χ0) is 21.4. The molecule has 1 saturated carbocycles. The van der Waals surface area contributed by atoms with E-state index in [0.29, 0.717) is 4.80 Å². The lowest BCUT2D eigenvalue weighted by molar-refractivity contribution is 0.351. The maximum absolute atomic E-state index is 13.0. The van der Waals surface area contributed by atoms with E-state index in [2.05, 4.69) is 15.0 Å². The van der Waals surface area contributed by atoms with Crippen LogP contribution in [0.5, 0.6) is 0 Å². The topological polar surface area (TPSA) is 64.6 Å². The van der Waals surface area contributed by atoms with Crippen LogP contribution in [0, 0.1) is 6.92 Å². The lowest BCUT2D eigenvalue weighted by atomic mass is 9.94. The Bertz CT molecular complexity index is 1390. The SMILES string of the molecule is Cc1oc2ccccc2c1-c1csc(=NS(=O)(=O)c2ccccc2)n1C1CCCCC1. The summed E-state index contributed by atoms with van der Waals surface area (Å²) in [5.41, 5.74) is 2.85. The molecular weight excluding hydrogens is 428 g/mol. The summed E-state index contributed by atoms with van der Waals surface area (Å²) in [4.78, 5) is 0.737. The van der Waals surface area contributed by atoms with Crippen LogP contribution in [0.25, 0.3) is 22.2 Å². The first-order chi connectivity index (χ1) is 15.0. The first kappa shape index (κ1) is 20.3. The molecule has 0 saturated heterocycles. The Hall–Kier alpha value is -2.64. The van der Waals surface area contributed by atoms with Gasteiger partial charge in [0.05, 0.1) is 10.6 Å². The third-order valence-electron chi connectivity index (χ3n) is 5.95. The van der Waals surface area contributed by atoms with Crippen molar-refractivity contribution in [1.29, 1.82) is 0 Å². The highest BCUT2D eigenvalue weighted by Gasteiger charge is 2.25. The largest absolute Gasteiger partial charge is 0.461 e. The smallest absolute Gasteiger partial charge is 0.285 e. The van der Waals surface area contributed by atoms with Gasteiger partial charge in [-0.25, -0.2) is 0 Å². The third kappa shape index (κ3) is 3.77. The number of fused-ring (bicyclic) bond motifs is 1. The summed E-state index contributed by atoms with van der Waals surface area (Å²) >= 11 is 1.38. The number of nitrogens with zero attached hydrogens (tertiary/aromatic N) is 2. The van der Waals surface area contributed by atoms with Gasteiger partial charge in [0.25, 0.3) is 10.0 Å². The average Bonchev–Trinajstić information content (AvgIpc) is 3.34. The highest BCUT2D eigenvalue weighted by Crippen LogP contribution is 2.38. The van der Waals surface area contributed by atoms with Gasteiger partial charge in [-0.3, -0.25) is 0 Å². The predicted octanol–water partition coefficient (Wildman–Crippen LogP) is 6.07. The fraction of sp³-hybridized carbons (Fsp3) is 0.292. The number of aryl methyl sites for hydroxylation is 1. The second kappa shape index (κ2) is 8.13. The van der Waals surface area contributed by atoms with E-state index >= 15 is 0 Å². The summed E-state index contributed by atoms with van der Waals surface area (Å²) in [7, 11) is -3.79. The van der Waals surface area contributed by atoms with Crippen molar-refractivity contribution in [3.05, 3.63) is 70.5 Å². The van der Waals surface area contributed by atoms with Crippen molar-refractivity contribution in [3.8, 4) is 11.3 Å². The normalized spacial score (nSPS) is 16.2. The number of benzene rings is 2. The Morgan fingerprint density at radius 3 is 2.48 bits per heavy atom. The second-order valence-corrected chi connectivity index (χ2v) is 10.4. The molecule has 0 atom stereocenters. The van der Waals surface area contributed by atoms with E-state index in [-0.39, 0.29) is 10.9 Å². The molecule has 1 aliphatic rings. The van der Waals surface area contributed by atoms with Gasteiger partial charge in [-0.1, -0.05) is 55.7 Å². The van der Waals surface area contributed by atoms with Crippen LogP contribution in [0.4, 0.5) is 0 Å². The zero-order valence-electron chi connectivity index (χ0n) is 17.3. The summed E-state index contributed by atoms with van der Waals surface area (Å²) in [5.74, 6) is 0.834. The van der Waals surface area contributed by atoms with Gasteiger partial charge in [0.1, 0.15) is 11.3 Å².